The average Bonchev–Trinajstić information content (AvgIpc) is 3.44. The molecule has 0 unspecified atom stereocenters. The van der Waals surface area contributed by atoms with E-state index in [1.165, 1.54) is 17.7 Å². The van der Waals surface area contributed by atoms with Gasteiger partial charge in [-0.15, -0.1) is 11.3 Å². The number of nitrogens with one attached hydrogen (secondary N) is 1. The van der Waals surface area contributed by atoms with Gasteiger partial charge in [0, 0.05) is 24.5 Å². The van der Waals surface area contributed by atoms with Crippen LogP contribution in [-0.2, 0) is 6.54 Å². The van der Waals surface area contributed by atoms with E-state index in [2.05, 4.69) is 22.3 Å². The largest absolute Gasteiger partial charge is 0.465 e. The van der Waals surface area contributed by atoms with Gasteiger partial charge in [-0.25, -0.2) is 0 Å². The van der Waals surface area contributed by atoms with E-state index in [1.54, 1.807) is 11.3 Å². The molecule has 0 spiro atoms. The highest BCUT2D eigenvalue weighted by Crippen LogP contribution is 2.30. The zero-order valence-corrected chi connectivity index (χ0v) is 17.8. The van der Waals surface area contributed by atoms with Crippen LogP contribution in [0.25, 0.3) is 0 Å². The number of hydrogen-bond donors (Lipinski definition) is 1. The van der Waals surface area contributed by atoms with E-state index in [4.69, 9.17) is 4.42 Å². The highest BCUT2D eigenvalue weighted by Gasteiger charge is 2.25. The molecule has 6 heteroatoms. The molecule has 2 aromatic rings. The molecule has 2 aliphatic heterocycles. The van der Waals surface area contributed by atoms with Crippen LogP contribution in [0.2, 0.25) is 0 Å². The number of piperidine rings is 1. The van der Waals surface area contributed by atoms with Gasteiger partial charge < -0.3 is 14.6 Å². The van der Waals surface area contributed by atoms with Crippen molar-refractivity contribution in [1.29, 1.82) is 0 Å². The molecule has 2 saturated heterocycles. The second-order valence-corrected chi connectivity index (χ2v) is 9.38. The second-order valence-electron chi connectivity index (χ2n) is 8.27. The zero-order chi connectivity index (χ0) is 19.5. The third-order valence-corrected chi connectivity index (χ3v) is 7.19. The van der Waals surface area contributed by atoms with E-state index >= 15 is 0 Å². The fraction of sp³-hybridized carbons (Fsp3) is 0.591. The van der Waals surface area contributed by atoms with Gasteiger partial charge in [-0.2, -0.15) is 0 Å². The van der Waals surface area contributed by atoms with Gasteiger partial charge >= 0.3 is 0 Å². The maximum Gasteiger partial charge on any atom is 0.263 e. The first-order valence-electron chi connectivity index (χ1n) is 10.4. The van der Waals surface area contributed by atoms with E-state index in [1.807, 2.05) is 31.0 Å². The van der Waals surface area contributed by atoms with Crippen molar-refractivity contribution in [2.45, 2.75) is 45.2 Å². The Kier molecular flexibility index (Phi) is 6.19. The molecule has 2 aliphatic rings. The van der Waals surface area contributed by atoms with Crippen molar-refractivity contribution in [2.75, 3.05) is 33.2 Å². The van der Waals surface area contributed by atoms with Crippen molar-refractivity contribution in [3.05, 3.63) is 45.5 Å². The third-order valence-electron chi connectivity index (χ3n) is 6.00. The number of nitrogens with zero attached hydrogens (tertiary/aromatic N) is 2. The lowest BCUT2D eigenvalue weighted by molar-refractivity contribution is 0.0739. The van der Waals surface area contributed by atoms with E-state index in [0.29, 0.717) is 12.0 Å². The first-order chi connectivity index (χ1) is 13.6. The van der Waals surface area contributed by atoms with Crippen LogP contribution in [-0.4, -0.2) is 48.9 Å². The van der Waals surface area contributed by atoms with Gasteiger partial charge in [0.1, 0.15) is 11.5 Å². The molecule has 28 heavy (non-hydrogen) atoms. The number of hydrogen-bond acceptors (Lipinski definition) is 5. The summed E-state index contributed by atoms with van der Waals surface area (Å²) in [5, 5.41) is 3.52. The molecule has 1 atom stereocenters. The molecule has 0 aromatic carbocycles. The molecule has 1 amide bonds. The molecule has 2 aromatic heterocycles. The number of carbonyl (C=O) groups is 1. The average molecular weight is 402 g/mol. The lowest BCUT2D eigenvalue weighted by atomic mass is 9.96. The summed E-state index contributed by atoms with van der Waals surface area (Å²) in [5.41, 5.74) is 0. The smallest absolute Gasteiger partial charge is 0.263 e. The number of aryl methyl sites for hydroxylation is 1. The van der Waals surface area contributed by atoms with Crippen LogP contribution in [0.4, 0.5) is 0 Å². The molecule has 4 heterocycles. The minimum Gasteiger partial charge on any atom is -0.465 e. The maximum absolute atomic E-state index is 12.8. The van der Waals surface area contributed by atoms with Crippen molar-refractivity contribution in [3.8, 4) is 0 Å². The van der Waals surface area contributed by atoms with Crippen molar-refractivity contribution < 1.29 is 9.21 Å². The van der Waals surface area contributed by atoms with Crippen LogP contribution in [0.1, 0.15) is 57.8 Å². The van der Waals surface area contributed by atoms with Gasteiger partial charge in [0.15, 0.2) is 0 Å². The highest BCUT2D eigenvalue weighted by molar-refractivity contribution is 7.14. The lowest BCUT2D eigenvalue weighted by Gasteiger charge is -2.33. The van der Waals surface area contributed by atoms with Gasteiger partial charge in [-0.05, 0) is 82.4 Å². The van der Waals surface area contributed by atoms with Crippen molar-refractivity contribution in [2.24, 2.45) is 5.92 Å². The summed E-state index contributed by atoms with van der Waals surface area (Å²) in [5.74, 6) is 2.78. The molecule has 5 nitrogen and oxygen atoms in total. The first-order valence-corrected chi connectivity index (χ1v) is 11.3. The molecular formula is C22H31N3O2S. The van der Waals surface area contributed by atoms with Crippen LogP contribution < -0.4 is 5.32 Å². The summed E-state index contributed by atoms with van der Waals surface area (Å²) >= 11 is 1.66. The summed E-state index contributed by atoms with van der Waals surface area (Å²) in [6.45, 7) is 6.96. The maximum atomic E-state index is 12.8. The normalized spacial score (nSPS) is 21.3. The van der Waals surface area contributed by atoms with Crippen molar-refractivity contribution in [1.82, 2.24) is 15.1 Å². The number of carbonyl (C=O) groups excluding carboxylic acids is 1. The standard InChI is InChI=1S/C22H31N3O2S/c1-16-5-6-18(27-16)15-25-12-9-17(10-13-25)14-24(2)22(26)21-8-7-20(28-21)19-4-3-11-23-19/h5-8,17,19,23H,3-4,9-15H2,1-2H3/t19-/m0/s1. The van der Waals surface area contributed by atoms with Crippen molar-refractivity contribution in [3.63, 3.8) is 0 Å². The number of furan rings is 1. The van der Waals surface area contributed by atoms with E-state index in [9.17, 15) is 4.79 Å². The second kappa shape index (κ2) is 8.80. The van der Waals surface area contributed by atoms with E-state index in [-0.39, 0.29) is 5.91 Å². The fourth-order valence-electron chi connectivity index (χ4n) is 4.36. The summed E-state index contributed by atoms with van der Waals surface area (Å²) in [6.07, 6.45) is 4.68. The number of thiophene rings is 1. The molecule has 2 fully saturated rings. The SMILES string of the molecule is Cc1ccc(CN2CCC(CN(C)C(=O)c3ccc([C@@H]4CCCN4)s3)CC2)o1. The molecule has 1 N–H and O–H groups in total. The Labute approximate surface area is 171 Å². The van der Waals surface area contributed by atoms with Crippen LogP contribution in [0, 0.1) is 12.8 Å². The monoisotopic (exact) mass is 401 g/mol. The predicted octanol–water partition coefficient (Wildman–Crippen LogP) is 4.06. The Hall–Kier alpha value is -1.63. The Morgan fingerprint density at radius 1 is 1.25 bits per heavy atom. The van der Waals surface area contributed by atoms with Gasteiger partial charge in [-0.1, -0.05) is 0 Å². The number of rotatable bonds is 6. The zero-order valence-electron chi connectivity index (χ0n) is 16.9. The van der Waals surface area contributed by atoms with Crippen molar-refractivity contribution >= 4 is 17.2 Å². The molecule has 0 radical (unpaired) electrons. The Morgan fingerprint density at radius 3 is 2.75 bits per heavy atom. The Balaban J connectivity index is 1.24. The summed E-state index contributed by atoms with van der Waals surface area (Å²) in [6, 6.07) is 8.68. The van der Waals surface area contributed by atoms with Crippen LogP contribution in [0.15, 0.2) is 28.7 Å². The molecule has 0 aliphatic carbocycles. The summed E-state index contributed by atoms with van der Waals surface area (Å²) in [4.78, 5) is 19.4. The lowest BCUT2D eigenvalue weighted by Crippen LogP contribution is -2.39. The highest BCUT2D eigenvalue weighted by atomic mass is 32.1. The van der Waals surface area contributed by atoms with E-state index < -0.39 is 0 Å². The fourth-order valence-corrected chi connectivity index (χ4v) is 5.47. The first kappa shape index (κ1) is 19.7. The predicted molar refractivity (Wildman–Crippen MR) is 113 cm³/mol. The Bertz CT molecular complexity index is 785. The molecule has 152 valence electrons. The Morgan fingerprint density at radius 2 is 2.07 bits per heavy atom. The minimum atomic E-state index is 0.169. The molecule has 0 saturated carbocycles. The van der Waals surface area contributed by atoms with Gasteiger partial charge in [0.25, 0.3) is 5.91 Å². The van der Waals surface area contributed by atoms with Crippen LogP contribution in [0.5, 0.6) is 0 Å². The number of likely N-dealkylation sites (tertiary alicyclic amines) is 1. The summed E-state index contributed by atoms with van der Waals surface area (Å²) in [7, 11) is 1.95. The molecular weight excluding hydrogens is 370 g/mol. The topological polar surface area (TPSA) is 48.7 Å². The van der Waals surface area contributed by atoms with Gasteiger partial charge in [0.2, 0.25) is 0 Å². The van der Waals surface area contributed by atoms with E-state index in [0.717, 1.165) is 62.0 Å². The minimum absolute atomic E-state index is 0.169. The number of amides is 1. The summed E-state index contributed by atoms with van der Waals surface area (Å²) < 4.78 is 5.70. The van der Waals surface area contributed by atoms with Gasteiger partial charge in [-0.3, -0.25) is 9.69 Å². The molecule has 4 rings (SSSR count). The van der Waals surface area contributed by atoms with Crippen LogP contribution in [0.3, 0.4) is 0 Å². The van der Waals surface area contributed by atoms with Gasteiger partial charge in [0.05, 0.1) is 11.4 Å². The molecule has 0 bridgehead atoms. The van der Waals surface area contributed by atoms with Crippen LogP contribution >= 0.6 is 11.3 Å². The third kappa shape index (κ3) is 4.67. The quantitative estimate of drug-likeness (QED) is 0.793.